The molecule has 28 heavy (non-hydrogen) atoms. The molecular weight excluding hydrogens is 352 g/mol. The van der Waals surface area contributed by atoms with E-state index in [1.54, 1.807) is 13.2 Å². The monoisotopic (exact) mass is 382 g/mol. The number of hydrogen-bond acceptors (Lipinski definition) is 5. The van der Waals surface area contributed by atoms with Gasteiger partial charge in [-0.05, 0) is 49.9 Å². The summed E-state index contributed by atoms with van der Waals surface area (Å²) in [6.07, 6.45) is 8.09. The molecular formula is C22H30N4O2. The average Bonchev–Trinajstić information content (AvgIpc) is 2.96. The quantitative estimate of drug-likeness (QED) is 0.710. The molecule has 1 aliphatic carbocycles. The van der Waals surface area contributed by atoms with Crippen molar-refractivity contribution in [2.75, 3.05) is 19.0 Å². The van der Waals surface area contributed by atoms with Gasteiger partial charge < -0.3 is 15.4 Å². The van der Waals surface area contributed by atoms with E-state index in [1.807, 2.05) is 31.2 Å². The van der Waals surface area contributed by atoms with E-state index < -0.39 is 0 Å². The van der Waals surface area contributed by atoms with Crippen LogP contribution in [0.4, 0.5) is 5.95 Å². The molecule has 0 bridgehead atoms. The Bertz CT molecular complexity index is 786. The number of carbonyl (C=O) groups is 1. The number of methoxy groups -OCH3 is 1. The molecule has 0 aliphatic heterocycles. The van der Waals surface area contributed by atoms with Crippen molar-refractivity contribution in [2.45, 2.75) is 57.9 Å². The van der Waals surface area contributed by atoms with Crippen molar-refractivity contribution in [3.63, 3.8) is 0 Å². The van der Waals surface area contributed by atoms with Gasteiger partial charge in [-0.25, -0.2) is 9.97 Å². The van der Waals surface area contributed by atoms with Crippen molar-refractivity contribution in [2.24, 2.45) is 0 Å². The average molecular weight is 383 g/mol. The summed E-state index contributed by atoms with van der Waals surface area (Å²) in [5.41, 5.74) is 2.33. The van der Waals surface area contributed by atoms with Crippen LogP contribution in [-0.4, -0.2) is 35.6 Å². The number of anilines is 1. The van der Waals surface area contributed by atoms with Crippen LogP contribution in [-0.2, 0) is 6.42 Å². The molecule has 0 atom stereocenters. The van der Waals surface area contributed by atoms with E-state index in [4.69, 9.17) is 4.74 Å². The molecule has 6 heteroatoms. The fourth-order valence-electron chi connectivity index (χ4n) is 3.59. The van der Waals surface area contributed by atoms with Crippen molar-refractivity contribution in [3.8, 4) is 5.75 Å². The molecule has 0 unspecified atom stereocenters. The lowest BCUT2D eigenvalue weighted by molar-refractivity contribution is 0.0949. The van der Waals surface area contributed by atoms with Gasteiger partial charge in [0.05, 0.1) is 7.11 Å². The predicted molar refractivity (Wildman–Crippen MR) is 111 cm³/mol. The second-order valence-electron chi connectivity index (χ2n) is 7.41. The highest BCUT2D eigenvalue weighted by atomic mass is 16.5. The lowest BCUT2D eigenvalue weighted by Gasteiger charge is -2.17. The van der Waals surface area contributed by atoms with E-state index in [-0.39, 0.29) is 5.91 Å². The van der Waals surface area contributed by atoms with Crippen molar-refractivity contribution >= 4 is 11.9 Å². The van der Waals surface area contributed by atoms with Gasteiger partial charge in [0.1, 0.15) is 11.4 Å². The Morgan fingerprint density at radius 3 is 2.68 bits per heavy atom. The summed E-state index contributed by atoms with van der Waals surface area (Å²) in [6, 6.07) is 10.0. The zero-order valence-electron chi connectivity index (χ0n) is 16.8. The fourth-order valence-corrected chi connectivity index (χ4v) is 3.59. The number of aromatic nitrogens is 2. The molecule has 1 aromatic heterocycles. The molecule has 1 heterocycles. The Morgan fingerprint density at radius 2 is 1.93 bits per heavy atom. The molecule has 2 N–H and O–H groups in total. The van der Waals surface area contributed by atoms with Crippen LogP contribution in [0.2, 0.25) is 0 Å². The Labute approximate surface area is 167 Å². The summed E-state index contributed by atoms with van der Waals surface area (Å²) in [6.45, 7) is 2.44. The van der Waals surface area contributed by atoms with E-state index in [2.05, 4.69) is 20.6 Å². The van der Waals surface area contributed by atoms with Crippen LogP contribution in [0.1, 0.15) is 60.3 Å². The molecule has 1 aromatic carbocycles. The number of ether oxygens (including phenoxy) is 1. The summed E-state index contributed by atoms with van der Waals surface area (Å²) in [7, 11) is 1.65. The first kappa shape index (κ1) is 20.1. The number of nitrogens with one attached hydrogen (secondary N) is 2. The summed E-state index contributed by atoms with van der Waals surface area (Å²) in [4.78, 5) is 21.5. The maximum atomic E-state index is 12.6. The van der Waals surface area contributed by atoms with Gasteiger partial charge in [-0.3, -0.25) is 4.79 Å². The van der Waals surface area contributed by atoms with Gasteiger partial charge >= 0.3 is 0 Å². The van der Waals surface area contributed by atoms with E-state index in [0.717, 1.165) is 36.3 Å². The number of aryl methyl sites for hydroxylation is 1. The summed E-state index contributed by atoms with van der Waals surface area (Å²) < 4.78 is 5.24. The Hall–Kier alpha value is -2.63. The third-order valence-electron chi connectivity index (χ3n) is 5.11. The van der Waals surface area contributed by atoms with Gasteiger partial charge in [0.2, 0.25) is 5.95 Å². The van der Waals surface area contributed by atoms with Crippen molar-refractivity contribution in [1.82, 2.24) is 15.3 Å². The lowest BCUT2D eigenvalue weighted by Crippen LogP contribution is -2.28. The summed E-state index contributed by atoms with van der Waals surface area (Å²) >= 11 is 0. The minimum absolute atomic E-state index is 0.169. The maximum Gasteiger partial charge on any atom is 0.270 e. The first-order valence-corrected chi connectivity index (χ1v) is 10.2. The zero-order valence-corrected chi connectivity index (χ0v) is 16.8. The summed E-state index contributed by atoms with van der Waals surface area (Å²) in [5, 5.41) is 6.39. The second-order valence-corrected chi connectivity index (χ2v) is 7.41. The Kier molecular flexibility index (Phi) is 7.23. The van der Waals surface area contributed by atoms with Crippen LogP contribution >= 0.6 is 0 Å². The van der Waals surface area contributed by atoms with E-state index in [1.165, 1.54) is 25.7 Å². The standard InChI is InChI=1S/C22H30N4O2/c1-16-14-20(26-22(24-16)25-18-9-5-3-4-6-10-18)21(27)23-13-12-17-8-7-11-19(15-17)28-2/h7-8,11,14-15,18H,3-6,9-10,12-13H2,1-2H3,(H,23,27)(H,24,25,26). The van der Waals surface area contributed by atoms with Crippen LogP contribution in [0.3, 0.4) is 0 Å². The number of rotatable bonds is 7. The topological polar surface area (TPSA) is 76.1 Å². The molecule has 3 rings (SSSR count). The van der Waals surface area contributed by atoms with E-state index in [9.17, 15) is 4.79 Å². The number of nitrogens with zero attached hydrogens (tertiary/aromatic N) is 2. The second kappa shape index (κ2) is 10.1. The molecule has 0 spiro atoms. The minimum atomic E-state index is -0.169. The number of hydrogen-bond donors (Lipinski definition) is 2. The van der Waals surface area contributed by atoms with Crippen molar-refractivity contribution < 1.29 is 9.53 Å². The molecule has 0 radical (unpaired) electrons. The molecule has 150 valence electrons. The summed E-state index contributed by atoms with van der Waals surface area (Å²) in [5.74, 6) is 1.21. The minimum Gasteiger partial charge on any atom is -0.497 e. The highest BCUT2D eigenvalue weighted by Gasteiger charge is 2.15. The number of carbonyl (C=O) groups excluding carboxylic acids is 1. The van der Waals surface area contributed by atoms with Crippen LogP contribution < -0.4 is 15.4 Å². The molecule has 2 aromatic rings. The van der Waals surface area contributed by atoms with Gasteiger partial charge in [0.25, 0.3) is 5.91 Å². The smallest absolute Gasteiger partial charge is 0.270 e. The third-order valence-corrected chi connectivity index (χ3v) is 5.11. The van der Waals surface area contributed by atoms with Crippen molar-refractivity contribution in [3.05, 3.63) is 47.3 Å². The first-order valence-electron chi connectivity index (χ1n) is 10.2. The van der Waals surface area contributed by atoms with Gasteiger partial charge in [0, 0.05) is 18.3 Å². The van der Waals surface area contributed by atoms with Crippen LogP contribution in [0, 0.1) is 6.92 Å². The molecule has 1 aliphatic rings. The van der Waals surface area contributed by atoms with Crippen LogP contribution in [0.15, 0.2) is 30.3 Å². The van der Waals surface area contributed by atoms with Gasteiger partial charge in [0.15, 0.2) is 0 Å². The van der Waals surface area contributed by atoms with Crippen LogP contribution in [0.5, 0.6) is 5.75 Å². The largest absolute Gasteiger partial charge is 0.497 e. The molecule has 1 saturated carbocycles. The normalized spacial score (nSPS) is 14.9. The lowest BCUT2D eigenvalue weighted by atomic mass is 10.1. The van der Waals surface area contributed by atoms with E-state index in [0.29, 0.717) is 24.2 Å². The Balaban J connectivity index is 1.57. The van der Waals surface area contributed by atoms with Gasteiger partial charge in [-0.1, -0.05) is 37.8 Å². The first-order chi connectivity index (χ1) is 13.6. The van der Waals surface area contributed by atoms with E-state index >= 15 is 0 Å². The maximum absolute atomic E-state index is 12.6. The van der Waals surface area contributed by atoms with Gasteiger partial charge in [-0.15, -0.1) is 0 Å². The molecule has 1 fully saturated rings. The highest BCUT2D eigenvalue weighted by molar-refractivity contribution is 5.92. The molecule has 0 saturated heterocycles. The van der Waals surface area contributed by atoms with Crippen LogP contribution in [0.25, 0.3) is 0 Å². The van der Waals surface area contributed by atoms with Gasteiger partial charge in [-0.2, -0.15) is 0 Å². The molecule has 6 nitrogen and oxygen atoms in total. The third kappa shape index (κ3) is 5.94. The van der Waals surface area contributed by atoms with Crippen molar-refractivity contribution in [1.29, 1.82) is 0 Å². The predicted octanol–water partition coefficient (Wildman–Crippen LogP) is 3.90. The highest BCUT2D eigenvalue weighted by Crippen LogP contribution is 2.20. The fraction of sp³-hybridized carbons (Fsp3) is 0.500. The molecule has 1 amide bonds. The SMILES string of the molecule is COc1cccc(CCNC(=O)c2cc(C)nc(NC3CCCCCC3)n2)c1. The number of amides is 1. The Morgan fingerprint density at radius 1 is 1.14 bits per heavy atom. The zero-order chi connectivity index (χ0) is 19.8. The number of benzene rings is 1.